The number of para-hydroxylation sites is 1. The zero-order chi connectivity index (χ0) is 15.5. The van der Waals surface area contributed by atoms with Crippen LogP contribution in [0.2, 0.25) is 5.02 Å². The Morgan fingerprint density at radius 1 is 1.14 bits per heavy atom. The predicted octanol–water partition coefficient (Wildman–Crippen LogP) is 4.34. The van der Waals surface area contributed by atoms with Crippen molar-refractivity contribution in [3.63, 3.8) is 0 Å². The normalized spacial score (nSPS) is 11.2. The summed E-state index contributed by atoms with van der Waals surface area (Å²) in [5.41, 5.74) is 0.958. The highest BCUT2D eigenvalue weighted by molar-refractivity contribution is 9.10. The fraction of sp³-hybridized carbons (Fsp3) is 0.143. The molecule has 2 N–H and O–H groups in total. The molecular weight excluding hydrogens is 376 g/mol. The summed E-state index contributed by atoms with van der Waals surface area (Å²) >= 11 is 9.21. The van der Waals surface area contributed by atoms with Gasteiger partial charge in [-0.05, 0) is 53.2 Å². The van der Waals surface area contributed by atoms with E-state index >= 15 is 0 Å². The molecule has 0 aliphatic rings. The molecule has 0 fully saturated rings. The van der Waals surface area contributed by atoms with Gasteiger partial charge in [0, 0.05) is 16.0 Å². The first-order valence-electron chi connectivity index (χ1n) is 6.25. The van der Waals surface area contributed by atoms with Crippen molar-refractivity contribution >= 4 is 48.9 Å². The molecule has 2 aromatic carbocycles. The first-order valence-corrected chi connectivity index (χ1v) is 8.90. The minimum atomic E-state index is -3.71. The maximum absolute atomic E-state index is 12.5. The van der Waals surface area contributed by atoms with Crippen molar-refractivity contribution in [1.82, 2.24) is 0 Å². The second-order valence-electron chi connectivity index (χ2n) is 4.26. The molecule has 7 heteroatoms. The van der Waals surface area contributed by atoms with Gasteiger partial charge in [-0.1, -0.05) is 23.7 Å². The standard InChI is InChI=1S/C14H14BrClN2O2S/c1-2-17-12-5-3-4-6-14(12)21(19,20)18-13-9-10(16)7-8-11(13)15/h3-9,17-18H,2H2,1H3. The average Bonchev–Trinajstić information content (AvgIpc) is 2.43. The van der Waals surface area contributed by atoms with Crippen LogP contribution in [0.4, 0.5) is 11.4 Å². The Balaban J connectivity index is 2.41. The van der Waals surface area contributed by atoms with E-state index in [9.17, 15) is 8.42 Å². The highest BCUT2D eigenvalue weighted by atomic mass is 79.9. The lowest BCUT2D eigenvalue weighted by Crippen LogP contribution is -2.15. The lowest BCUT2D eigenvalue weighted by atomic mass is 10.3. The zero-order valence-corrected chi connectivity index (χ0v) is 14.4. The van der Waals surface area contributed by atoms with Crippen molar-refractivity contribution in [1.29, 1.82) is 0 Å². The van der Waals surface area contributed by atoms with Crippen molar-refractivity contribution in [2.24, 2.45) is 0 Å². The Kier molecular flexibility index (Phi) is 5.13. The maximum atomic E-state index is 12.5. The highest BCUT2D eigenvalue weighted by Crippen LogP contribution is 2.29. The third-order valence-corrected chi connectivity index (χ3v) is 5.07. The summed E-state index contributed by atoms with van der Waals surface area (Å²) in [6, 6.07) is 11.7. The smallest absolute Gasteiger partial charge is 0.263 e. The summed E-state index contributed by atoms with van der Waals surface area (Å²) in [4.78, 5) is 0.193. The van der Waals surface area contributed by atoms with Gasteiger partial charge in [-0.2, -0.15) is 0 Å². The van der Waals surface area contributed by atoms with E-state index in [0.717, 1.165) is 0 Å². The Morgan fingerprint density at radius 2 is 1.86 bits per heavy atom. The summed E-state index contributed by atoms with van der Waals surface area (Å²) in [5, 5.41) is 3.49. The van der Waals surface area contributed by atoms with Gasteiger partial charge in [0.2, 0.25) is 0 Å². The van der Waals surface area contributed by atoms with E-state index in [1.165, 1.54) is 0 Å². The third kappa shape index (κ3) is 3.90. The molecule has 0 amide bonds. The minimum Gasteiger partial charge on any atom is -0.384 e. The molecule has 0 spiro atoms. The molecule has 0 aliphatic carbocycles. The second kappa shape index (κ2) is 6.68. The number of rotatable bonds is 5. The first kappa shape index (κ1) is 16.1. The Hall–Kier alpha value is -1.24. The van der Waals surface area contributed by atoms with Gasteiger partial charge in [0.05, 0.1) is 11.4 Å². The van der Waals surface area contributed by atoms with Gasteiger partial charge in [0.25, 0.3) is 10.0 Å². The maximum Gasteiger partial charge on any atom is 0.263 e. The van der Waals surface area contributed by atoms with E-state index in [0.29, 0.717) is 27.4 Å². The van der Waals surface area contributed by atoms with E-state index in [4.69, 9.17) is 11.6 Å². The van der Waals surface area contributed by atoms with Gasteiger partial charge in [0.1, 0.15) is 4.90 Å². The second-order valence-corrected chi connectivity index (χ2v) is 7.20. The van der Waals surface area contributed by atoms with Crippen LogP contribution in [-0.2, 0) is 10.0 Å². The Morgan fingerprint density at radius 3 is 2.57 bits per heavy atom. The monoisotopic (exact) mass is 388 g/mol. The van der Waals surface area contributed by atoms with Gasteiger partial charge >= 0.3 is 0 Å². The number of anilines is 2. The molecular formula is C14H14BrClN2O2S. The largest absolute Gasteiger partial charge is 0.384 e. The van der Waals surface area contributed by atoms with E-state index < -0.39 is 10.0 Å². The molecule has 2 aromatic rings. The van der Waals surface area contributed by atoms with Crippen LogP contribution in [0.25, 0.3) is 0 Å². The quantitative estimate of drug-likeness (QED) is 0.800. The molecule has 2 rings (SSSR count). The van der Waals surface area contributed by atoms with Crippen LogP contribution in [0.5, 0.6) is 0 Å². The van der Waals surface area contributed by atoms with Gasteiger partial charge in [-0.15, -0.1) is 0 Å². The van der Waals surface area contributed by atoms with E-state index in [-0.39, 0.29) is 4.90 Å². The van der Waals surface area contributed by atoms with Gasteiger partial charge in [-0.25, -0.2) is 8.42 Å². The van der Waals surface area contributed by atoms with Crippen molar-refractivity contribution in [3.8, 4) is 0 Å². The first-order chi connectivity index (χ1) is 9.94. The van der Waals surface area contributed by atoms with E-state index in [2.05, 4.69) is 26.0 Å². The molecule has 0 saturated heterocycles. The summed E-state index contributed by atoms with van der Waals surface area (Å²) in [5.74, 6) is 0. The van der Waals surface area contributed by atoms with Crippen molar-refractivity contribution in [3.05, 3.63) is 52.0 Å². The van der Waals surface area contributed by atoms with Crippen LogP contribution < -0.4 is 10.0 Å². The summed E-state index contributed by atoms with van der Waals surface area (Å²) < 4.78 is 28.3. The Bertz CT molecular complexity index is 750. The van der Waals surface area contributed by atoms with Crippen LogP contribution in [0, 0.1) is 0 Å². The highest BCUT2D eigenvalue weighted by Gasteiger charge is 2.19. The molecule has 112 valence electrons. The molecule has 21 heavy (non-hydrogen) atoms. The van der Waals surface area contributed by atoms with Gasteiger partial charge in [0.15, 0.2) is 0 Å². The molecule has 0 bridgehead atoms. The molecule has 0 aliphatic heterocycles. The Labute approximate surface area is 137 Å². The number of hydrogen-bond acceptors (Lipinski definition) is 3. The molecule has 0 atom stereocenters. The van der Waals surface area contributed by atoms with Gasteiger partial charge in [-0.3, -0.25) is 4.72 Å². The van der Waals surface area contributed by atoms with Crippen molar-refractivity contribution in [2.45, 2.75) is 11.8 Å². The van der Waals surface area contributed by atoms with Crippen LogP contribution in [-0.4, -0.2) is 15.0 Å². The fourth-order valence-electron chi connectivity index (χ4n) is 1.81. The van der Waals surface area contributed by atoms with Crippen molar-refractivity contribution < 1.29 is 8.42 Å². The predicted molar refractivity (Wildman–Crippen MR) is 90.6 cm³/mol. The van der Waals surface area contributed by atoms with Crippen LogP contribution in [0.3, 0.4) is 0 Å². The fourth-order valence-corrected chi connectivity index (χ4v) is 3.72. The lowest BCUT2D eigenvalue weighted by molar-refractivity contribution is 0.601. The van der Waals surface area contributed by atoms with Crippen LogP contribution in [0.15, 0.2) is 51.8 Å². The lowest BCUT2D eigenvalue weighted by Gasteiger charge is -2.14. The molecule has 4 nitrogen and oxygen atoms in total. The van der Waals surface area contributed by atoms with Crippen LogP contribution in [0.1, 0.15) is 6.92 Å². The average molecular weight is 390 g/mol. The summed E-state index contributed by atoms with van der Waals surface area (Å²) in [7, 11) is -3.71. The zero-order valence-electron chi connectivity index (χ0n) is 11.2. The van der Waals surface area contributed by atoms with E-state index in [1.54, 1.807) is 42.5 Å². The number of nitrogens with one attached hydrogen (secondary N) is 2. The SMILES string of the molecule is CCNc1ccccc1S(=O)(=O)Nc1cc(Cl)ccc1Br. The number of hydrogen-bond donors (Lipinski definition) is 2. The number of benzene rings is 2. The minimum absolute atomic E-state index is 0.193. The summed E-state index contributed by atoms with van der Waals surface area (Å²) in [6.45, 7) is 2.54. The topological polar surface area (TPSA) is 58.2 Å². The molecule has 0 unspecified atom stereocenters. The van der Waals surface area contributed by atoms with E-state index in [1.807, 2.05) is 6.92 Å². The molecule has 0 heterocycles. The molecule has 0 aromatic heterocycles. The van der Waals surface area contributed by atoms with Crippen molar-refractivity contribution in [2.75, 3.05) is 16.6 Å². The van der Waals surface area contributed by atoms with Gasteiger partial charge < -0.3 is 5.32 Å². The molecule has 0 saturated carbocycles. The van der Waals surface area contributed by atoms with Crippen LogP contribution >= 0.6 is 27.5 Å². The molecule has 0 radical (unpaired) electrons. The number of sulfonamides is 1. The number of halogens is 2. The third-order valence-electron chi connectivity index (χ3n) is 2.72. The summed E-state index contributed by atoms with van der Waals surface area (Å²) in [6.07, 6.45) is 0.